The molecule has 5 aromatic rings. The molecule has 0 fully saturated rings. The molecular formula is C31H21N2S2. The summed E-state index contributed by atoms with van der Waals surface area (Å²) in [5, 5.41) is 2.12. The van der Waals surface area contributed by atoms with Gasteiger partial charge in [0.05, 0.1) is 11.4 Å². The second-order valence-corrected chi connectivity index (χ2v) is 10.2. The highest BCUT2D eigenvalue weighted by molar-refractivity contribution is 7.21. The average Bonchev–Trinajstić information content (AvgIpc) is 3.70. The summed E-state index contributed by atoms with van der Waals surface area (Å²) < 4.78 is 0. The fourth-order valence-corrected chi connectivity index (χ4v) is 5.73. The maximum atomic E-state index is 4.95. The number of hydrogen-bond donors (Lipinski definition) is 0. The SMILES string of the molecule is C(=C\c1ccc(-c2cccs2)s1)/c1ccc([C]2N=C(c3ccccc3)C(c3ccccc3)=N2)cc1. The third-order valence-electron chi connectivity index (χ3n) is 5.75. The van der Waals surface area contributed by atoms with Gasteiger partial charge in [0.15, 0.2) is 0 Å². The van der Waals surface area contributed by atoms with Gasteiger partial charge in [-0.05, 0) is 35.2 Å². The Morgan fingerprint density at radius 2 is 1.17 bits per heavy atom. The van der Waals surface area contributed by atoms with Gasteiger partial charge in [-0.2, -0.15) is 0 Å². The Bertz CT molecular complexity index is 1450. The van der Waals surface area contributed by atoms with Crippen molar-refractivity contribution in [2.24, 2.45) is 9.98 Å². The molecule has 6 rings (SSSR count). The highest BCUT2D eigenvalue weighted by Gasteiger charge is 2.25. The molecule has 0 amide bonds. The minimum Gasteiger partial charge on any atom is -0.243 e. The summed E-state index contributed by atoms with van der Waals surface area (Å²) >= 11 is 3.59. The van der Waals surface area contributed by atoms with Crippen LogP contribution in [-0.2, 0) is 0 Å². The Labute approximate surface area is 213 Å². The molecule has 0 saturated heterocycles. The predicted molar refractivity (Wildman–Crippen MR) is 151 cm³/mol. The Morgan fingerprint density at radius 1 is 0.514 bits per heavy atom. The lowest BCUT2D eigenvalue weighted by Crippen LogP contribution is -2.13. The van der Waals surface area contributed by atoms with Crippen LogP contribution < -0.4 is 0 Å². The lowest BCUT2D eigenvalue weighted by atomic mass is 10.0. The normalized spacial score (nSPS) is 13.8. The van der Waals surface area contributed by atoms with E-state index >= 15 is 0 Å². The molecule has 0 atom stereocenters. The third-order valence-corrected chi connectivity index (χ3v) is 7.87. The van der Waals surface area contributed by atoms with E-state index in [2.05, 4.69) is 90.3 Å². The number of hydrogen-bond acceptors (Lipinski definition) is 4. The first-order valence-electron chi connectivity index (χ1n) is 11.4. The lowest BCUT2D eigenvalue weighted by molar-refractivity contribution is 1.07. The summed E-state index contributed by atoms with van der Waals surface area (Å²) in [5.41, 5.74) is 6.13. The van der Waals surface area contributed by atoms with Crippen LogP contribution in [0.25, 0.3) is 21.9 Å². The van der Waals surface area contributed by atoms with E-state index in [4.69, 9.17) is 9.98 Å². The van der Waals surface area contributed by atoms with Crippen LogP contribution in [-0.4, -0.2) is 11.4 Å². The number of rotatable bonds is 6. The first kappa shape index (κ1) is 21.7. The van der Waals surface area contributed by atoms with Gasteiger partial charge in [0.1, 0.15) is 0 Å². The molecule has 35 heavy (non-hydrogen) atoms. The molecule has 167 valence electrons. The zero-order valence-electron chi connectivity index (χ0n) is 18.8. The van der Waals surface area contributed by atoms with E-state index in [0.29, 0.717) is 0 Å². The van der Waals surface area contributed by atoms with Crippen molar-refractivity contribution >= 4 is 46.2 Å². The molecule has 3 aromatic carbocycles. The van der Waals surface area contributed by atoms with Gasteiger partial charge < -0.3 is 0 Å². The van der Waals surface area contributed by atoms with Crippen LogP contribution in [0.2, 0.25) is 0 Å². The molecule has 4 heteroatoms. The smallest absolute Gasteiger partial charge is 0.226 e. The van der Waals surface area contributed by atoms with Crippen LogP contribution in [0.4, 0.5) is 0 Å². The molecule has 3 heterocycles. The summed E-state index contributed by atoms with van der Waals surface area (Å²) in [4.78, 5) is 13.8. The number of aliphatic imine (C=N–C) groups is 2. The van der Waals surface area contributed by atoms with Crippen LogP contribution in [0.15, 0.2) is 125 Å². The average molecular weight is 486 g/mol. The van der Waals surface area contributed by atoms with Crippen molar-refractivity contribution in [1.29, 1.82) is 0 Å². The van der Waals surface area contributed by atoms with Crippen molar-refractivity contribution in [3.8, 4) is 9.75 Å². The van der Waals surface area contributed by atoms with E-state index in [1.807, 2.05) is 47.7 Å². The fourth-order valence-electron chi connectivity index (χ4n) is 3.98. The maximum Gasteiger partial charge on any atom is 0.226 e. The fraction of sp³-hybridized carbons (Fsp3) is 0. The van der Waals surface area contributed by atoms with Crippen LogP contribution in [0, 0.1) is 6.17 Å². The van der Waals surface area contributed by atoms with Gasteiger partial charge in [-0.3, -0.25) is 0 Å². The first-order chi connectivity index (χ1) is 17.3. The molecular weight excluding hydrogens is 464 g/mol. The van der Waals surface area contributed by atoms with Gasteiger partial charge in [-0.1, -0.05) is 97.1 Å². The van der Waals surface area contributed by atoms with E-state index in [1.165, 1.54) is 14.6 Å². The second kappa shape index (κ2) is 9.79. The molecule has 0 N–H and O–H groups in total. The van der Waals surface area contributed by atoms with Crippen LogP contribution in [0.3, 0.4) is 0 Å². The van der Waals surface area contributed by atoms with Crippen LogP contribution in [0.5, 0.6) is 0 Å². The largest absolute Gasteiger partial charge is 0.243 e. The van der Waals surface area contributed by atoms with Crippen LogP contribution >= 0.6 is 22.7 Å². The van der Waals surface area contributed by atoms with Crippen molar-refractivity contribution < 1.29 is 0 Å². The monoisotopic (exact) mass is 485 g/mol. The van der Waals surface area contributed by atoms with Crippen molar-refractivity contribution in [3.63, 3.8) is 0 Å². The Kier molecular flexibility index (Phi) is 6.06. The van der Waals surface area contributed by atoms with E-state index in [0.717, 1.165) is 39.8 Å². The van der Waals surface area contributed by atoms with Crippen molar-refractivity contribution in [1.82, 2.24) is 0 Å². The number of benzene rings is 3. The molecule has 2 nitrogen and oxygen atoms in total. The van der Waals surface area contributed by atoms with Crippen LogP contribution in [0.1, 0.15) is 27.1 Å². The Hall–Kier alpha value is -3.86. The highest BCUT2D eigenvalue weighted by atomic mass is 32.1. The van der Waals surface area contributed by atoms with Gasteiger partial charge in [0, 0.05) is 31.3 Å². The topological polar surface area (TPSA) is 24.7 Å². The predicted octanol–water partition coefficient (Wildman–Crippen LogP) is 8.48. The zero-order chi connectivity index (χ0) is 23.5. The van der Waals surface area contributed by atoms with Crippen molar-refractivity contribution in [2.75, 3.05) is 0 Å². The summed E-state index contributed by atoms with van der Waals surface area (Å²) in [5.74, 6) is 0. The minimum absolute atomic E-state index is 0.747. The lowest BCUT2D eigenvalue weighted by Gasteiger charge is -2.05. The standard InChI is InChI=1S/C31H21N2S2/c1-3-8-23(9-4-1)29-30(24-10-5-2-6-11-24)33-31(32-29)25-16-13-22(14-17-25)15-18-26-19-20-28(35-26)27-12-7-21-34-27/h1-21H/b18-15+. The molecule has 0 saturated carbocycles. The van der Waals surface area contributed by atoms with Gasteiger partial charge in [0.2, 0.25) is 6.17 Å². The first-order valence-corrected chi connectivity index (χ1v) is 13.1. The highest BCUT2D eigenvalue weighted by Crippen LogP contribution is 2.32. The molecule has 1 radical (unpaired) electrons. The summed E-state index contributed by atoms with van der Waals surface area (Å²) in [6.45, 7) is 0. The van der Waals surface area contributed by atoms with E-state index in [-0.39, 0.29) is 0 Å². The van der Waals surface area contributed by atoms with Gasteiger partial charge in [-0.25, -0.2) is 9.98 Å². The number of nitrogens with zero attached hydrogens (tertiary/aromatic N) is 2. The summed E-state index contributed by atoms with van der Waals surface area (Å²) in [7, 11) is 0. The van der Waals surface area contributed by atoms with E-state index < -0.39 is 0 Å². The Morgan fingerprint density at radius 3 is 1.77 bits per heavy atom. The molecule has 2 aromatic heterocycles. The minimum atomic E-state index is 0.747. The molecule has 1 aliphatic rings. The summed E-state index contributed by atoms with van der Waals surface area (Å²) in [6.07, 6.45) is 5.08. The zero-order valence-corrected chi connectivity index (χ0v) is 20.5. The molecule has 0 aliphatic carbocycles. The van der Waals surface area contributed by atoms with E-state index in [9.17, 15) is 0 Å². The second-order valence-electron chi connectivity index (χ2n) is 8.11. The quantitative estimate of drug-likeness (QED) is 0.230. The van der Waals surface area contributed by atoms with E-state index in [1.54, 1.807) is 11.3 Å². The van der Waals surface area contributed by atoms with Gasteiger partial charge in [0.25, 0.3) is 0 Å². The maximum absolute atomic E-state index is 4.95. The van der Waals surface area contributed by atoms with Crippen molar-refractivity contribution in [2.45, 2.75) is 0 Å². The van der Waals surface area contributed by atoms with Gasteiger partial charge >= 0.3 is 0 Å². The van der Waals surface area contributed by atoms with Crippen molar-refractivity contribution in [3.05, 3.63) is 148 Å². The third kappa shape index (κ3) is 4.72. The molecule has 0 bridgehead atoms. The summed E-state index contributed by atoms with van der Waals surface area (Å²) in [6, 6.07) is 37.6. The number of thiophene rings is 2. The molecule has 1 aliphatic heterocycles. The van der Waals surface area contributed by atoms with Gasteiger partial charge in [-0.15, -0.1) is 22.7 Å². The Balaban J connectivity index is 1.24. The molecule has 0 unspecified atom stereocenters. The molecule has 0 spiro atoms.